The number of hydrazone groups is 1. The minimum atomic E-state index is -0.441. The lowest BCUT2D eigenvalue weighted by Gasteiger charge is -2.11. The average molecular weight is 360 g/mol. The fourth-order valence-electron chi connectivity index (χ4n) is 3.14. The topological polar surface area (TPSA) is 68.2 Å². The number of carbonyl (C=O) groups is 2. The Hall–Kier alpha value is -3.67. The van der Waals surface area contributed by atoms with Crippen molar-refractivity contribution in [3.05, 3.63) is 71.3 Å². The second-order valence-electron chi connectivity index (χ2n) is 5.98. The maximum Gasteiger partial charge on any atom is 0.282 e. The van der Waals surface area contributed by atoms with Crippen molar-refractivity contribution in [2.24, 2.45) is 5.10 Å². The molecular weight excluding hydrogens is 344 g/mol. The smallest absolute Gasteiger partial charge is 0.282 e. The van der Waals surface area contributed by atoms with Crippen molar-refractivity contribution in [1.29, 1.82) is 0 Å². The Balaban J connectivity index is 1.79. The molecule has 0 spiro atoms. The van der Waals surface area contributed by atoms with Gasteiger partial charge in [-0.25, -0.2) is 0 Å². The normalized spacial score (nSPS) is 13.5. The highest BCUT2D eigenvalue weighted by Gasteiger charge is 2.35. The molecule has 6 nitrogen and oxygen atoms in total. The van der Waals surface area contributed by atoms with Crippen LogP contribution in [0.3, 0.4) is 0 Å². The van der Waals surface area contributed by atoms with Crippen molar-refractivity contribution in [2.75, 3.05) is 14.2 Å². The lowest BCUT2D eigenvalue weighted by Crippen LogP contribution is -2.24. The van der Waals surface area contributed by atoms with E-state index < -0.39 is 11.8 Å². The van der Waals surface area contributed by atoms with E-state index in [-0.39, 0.29) is 0 Å². The lowest BCUT2D eigenvalue weighted by molar-refractivity contribution is 0.0660. The molecule has 0 fully saturated rings. The molecule has 0 aromatic heterocycles. The quantitative estimate of drug-likeness (QED) is 0.528. The van der Waals surface area contributed by atoms with Gasteiger partial charge in [0.2, 0.25) is 0 Å². The monoisotopic (exact) mass is 360 g/mol. The molecule has 0 saturated heterocycles. The Morgan fingerprint density at radius 1 is 0.889 bits per heavy atom. The summed E-state index contributed by atoms with van der Waals surface area (Å²) in [5, 5.41) is 6.85. The van der Waals surface area contributed by atoms with E-state index in [1.807, 2.05) is 30.3 Å². The predicted molar refractivity (Wildman–Crippen MR) is 102 cm³/mol. The molecule has 1 aliphatic rings. The zero-order valence-corrected chi connectivity index (χ0v) is 14.8. The first-order chi connectivity index (χ1) is 13.1. The number of nitrogens with zero attached hydrogens (tertiary/aromatic N) is 2. The summed E-state index contributed by atoms with van der Waals surface area (Å²) in [6, 6.07) is 16.1. The molecule has 0 aliphatic carbocycles. The van der Waals surface area contributed by atoms with Gasteiger partial charge in [0.15, 0.2) is 0 Å². The molecule has 4 rings (SSSR count). The zero-order valence-electron chi connectivity index (χ0n) is 14.8. The molecule has 1 aliphatic heterocycles. The minimum absolute atomic E-state index is 0.353. The van der Waals surface area contributed by atoms with E-state index in [1.165, 1.54) is 6.21 Å². The number of carbonyl (C=O) groups excluding carboxylic acids is 2. The average Bonchev–Trinajstić information content (AvgIpc) is 2.96. The van der Waals surface area contributed by atoms with Crippen LogP contribution in [0.5, 0.6) is 11.5 Å². The van der Waals surface area contributed by atoms with Gasteiger partial charge in [-0.05, 0) is 41.1 Å². The first kappa shape index (κ1) is 16.8. The van der Waals surface area contributed by atoms with Crippen molar-refractivity contribution in [2.45, 2.75) is 0 Å². The summed E-state index contributed by atoms with van der Waals surface area (Å²) in [6.45, 7) is 0. The van der Waals surface area contributed by atoms with Crippen LogP contribution in [0.4, 0.5) is 0 Å². The molecule has 1 heterocycles. The second kappa shape index (κ2) is 6.57. The molecule has 3 aromatic rings. The van der Waals surface area contributed by atoms with E-state index in [2.05, 4.69) is 5.10 Å². The van der Waals surface area contributed by atoms with Crippen LogP contribution in [0.25, 0.3) is 10.8 Å². The Morgan fingerprint density at radius 3 is 2.19 bits per heavy atom. The number of amides is 2. The third kappa shape index (κ3) is 2.71. The number of hydrogen-bond acceptors (Lipinski definition) is 5. The van der Waals surface area contributed by atoms with E-state index in [1.54, 1.807) is 38.5 Å². The number of rotatable bonds is 4. The first-order valence-electron chi connectivity index (χ1n) is 8.30. The van der Waals surface area contributed by atoms with E-state index in [0.29, 0.717) is 28.2 Å². The van der Waals surface area contributed by atoms with Crippen LogP contribution in [0.2, 0.25) is 0 Å². The van der Waals surface area contributed by atoms with Crippen LogP contribution in [0.15, 0.2) is 59.7 Å². The number of fused-ring (bicyclic) bond motifs is 2. The van der Waals surface area contributed by atoms with Gasteiger partial charge in [0, 0.05) is 5.56 Å². The van der Waals surface area contributed by atoms with Gasteiger partial charge >= 0.3 is 0 Å². The third-order valence-electron chi connectivity index (χ3n) is 4.53. The van der Waals surface area contributed by atoms with Crippen LogP contribution < -0.4 is 9.47 Å². The summed E-state index contributed by atoms with van der Waals surface area (Å²) >= 11 is 0. The highest BCUT2D eigenvalue weighted by atomic mass is 16.5. The Labute approximate surface area is 155 Å². The number of hydrogen-bond donors (Lipinski definition) is 0. The molecule has 0 radical (unpaired) electrons. The van der Waals surface area contributed by atoms with Gasteiger partial charge in [-0.3, -0.25) is 9.59 Å². The number of imide groups is 1. The maximum absolute atomic E-state index is 12.5. The van der Waals surface area contributed by atoms with Gasteiger partial charge in [-0.15, -0.1) is 0 Å². The van der Waals surface area contributed by atoms with Crippen LogP contribution in [0, 0.1) is 0 Å². The van der Waals surface area contributed by atoms with Crippen LogP contribution in [-0.4, -0.2) is 37.3 Å². The minimum Gasteiger partial charge on any atom is -0.497 e. The summed E-state index contributed by atoms with van der Waals surface area (Å²) in [4.78, 5) is 25.0. The molecule has 134 valence electrons. The largest absolute Gasteiger partial charge is 0.497 e. The highest BCUT2D eigenvalue weighted by Crippen LogP contribution is 2.30. The molecule has 0 N–H and O–H groups in total. The third-order valence-corrected chi connectivity index (χ3v) is 4.53. The molecule has 6 heteroatoms. The summed E-state index contributed by atoms with van der Waals surface area (Å²) in [7, 11) is 3.15. The second-order valence-corrected chi connectivity index (χ2v) is 5.98. The summed E-state index contributed by atoms with van der Waals surface area (Å²) in [5.41, 5.74) is 1.36. The molecule has 0 atom stereocenters. The molecule has 0 unspecified atom stereocenters. The van der Waals surface area contributed by atoms with E-state index in [9.17, 15) is 9.59 Å². The van der Waals surface area contributed by atoms with Crippen molar-refractivity contribution in [3.63, 3.8) is 0 Å². The summed E-state index contributed by atoms with van der Waals surface area (Å²) in [5.74, 6) is 0.384. The first-order valence-corrected chi connectivity index (χ1v) is 8.30. The summed E-state index contributed by atoms with van der Waals surface area (Å²) < 4.78 is 10.7. The van der Waals surface area contributed by atoms with Crippen molar-refractivity contribution >= 4 is 28.8 Å². The van der Waals surface area contributed by atoms with Crippen molar-refractivity contribution < 1.29 is 19.1 Å². The van der Waals surface area contributed by atoms with Gasteiger partial charge in [-0.2, -0.15) is 10.1 Å². The van der Waals surface area contributed by atoms with Crippen LogP contribution >= 0.6 is 0 Å². The predicted octanol–water partition coefficient (Wildman–Crippen LogP) is 3.49. The van der Waals surface area contributed by atoms with Gasteiger partial charge < -0.3 is 9.47 Å². The maximum atomic E-state index is 12.5. The molecule has 0 bridgehead atoms. The van der Waals surface area contributed by atoms with E-state index >= 15 is 0 Å². The van der Waals surface area contributed by atoms with Gasteiger partial charge in [0.05, 0.1) is 31.6 Å². The number of methoxy groups -OCH3 is 2. The molecule has 2 amide bonds. The zero-order chi connectivity index (χ0) is 19.0. The fourth-order valence-corrected chi connectivity index (χ4v) is 3.14. The number of benzene rings is 3. The Kier molecular flexibility index (Phi) is 4.08. The standard InChI is InChI=1S/C21H16N2O4/c1-26-14-9-7-13-8-10-19(27-2)18(17(13)11-14)12-22-23-20(24)15-5-3-4-6-16(15)21(23)25/h3-12H,1-2H3/b22-12-. The Morgan fingerprint density at radius 2 is 1.56 bits per heavy atom. The summed E-state index contributed by atoms with van der Waals surface area (Å²) in [6.07, 6.45) is 1.47. The number of ether oxygens (including phenoxy) is 2. The molecule has 3 aromatic carbocycles. The van der Waals surface area contributed by atoms with Crippen molar-refractivity contribution in [1.82, 2.24) is 5.01 Å². The highest BCUT2D eigenvalue weighted by molar-refractivity contribution is 6.21. The van der Waals surface area contributed by atoms with Gasteiger partial charge in [-0.1, -0.05) is 24.3 Å². The van der Waals surface area contributed by atoms with Crippen LogP contribution in [0.1, 0.15) is 26.3 Å². The van der Waals surface area contributed by atoms with Gasteiger partial charge in [0.1, 0.15) is 11.5 Å². The SMILES string of the molecule is COc1ccc2ccc(OC)c(/C=N\N3C(=O)c4ccccc4C3=O)c2c1. The molecular formula is C21H16N2O4. The van der Waals surface area contributed by atoms with Crippen molar-refractivity contribution in [3.8, 4) is 11.5 Å². The molecule has 0 saturated carbocycles. The van der Waals surface area contributed by atoms with E-state index in [0.717, 1.165) is 15.8 Å². The Bertz CT molecular complexity index is 1060. The molecule has 27 heavy (non-hydrogen) atoms. The van der Waals surface area contributed by atoms with Crippen LogP contribution in [-0.2, 0) is 0 Å². The lowest BCUT2D eigenvalue weighted by atomic mass is 10.0. The van der Waals surface area contributed by atoms with E-state index in [4.69, 9.17) is 9.47 Å². The van der Waals surface area contributed by atoms with Gasteiger partial charge in [0.25, 0.3) is 11.8 Å². The fraction of sp³-hybridized carbons (Fsp3) is 0.0952.